The molecule has 0 fully saturated rings. The Morgan fingerprint density at radius 1 is 1.57 bits per heavy atom. The molecule has 2 aromatic heterocycles. The summed E-state index contributed by atoms with van der Waals surface area (Å²) in [5, 5.41) is 1.87. The first-order valence-corrected chi connectivity index (χ1v) is 5.12. The van der Waals surface area contributed by atoms with Gasteiger partial charge in [0.1, 0.15) is 5.69 Å². The van der Waals surface area contributed by atoms with Gasteiger partial charge in [-0.15, -0.1) is 11.3 Å². The van der Waals surface area contributed by atoms with Gasteiger partial charge in [0.05, 0.1) is 6.33 Å². The summed E-state index contributed by atoms with van der Waals surface area (Å²) in [5.74, 6) is -0.00468. The fourth-order valence-electron chi connectivity index (χ4n) is 1.24. The fourth-order valence-corrected chi connectivity index (χ4v) is 1.92. The molecule has 2 heterocycles. The summed E-state index contributed by atoms with van der Waals surface area (Å²) >= 11 is 1.58. The van der Waals surface area contributed by atoms with E-state index in [2.05, 4.69) is 4.98 Å². The summed E-state index contributed by atoms with van der Waals surface area (Å²) in [7, 11) is 1.85. The van der Waals surface area contributed by atoms with Crippen LogP contribution in [0.3, 0.4) is 0 Å². The molecule has 0 aromatic carbocycles. The highest BCUT2D eigenvalue weighted by molar-refractivity contribution is 7.10. The molecule has 0 aliphatic rings. The Morgan fingerprint density at radius 3 is 2.86 bits per heavy atom. The average molecular weight is 206 g/mol. The second-order valence-corrected chi connectivity index (χ2v) is 4.31. The molecule has 14 heavy (non-hydrogen) atoms. The molecule has 0 aliphatic carbocycles. The summed E-state index contributed by atoms with van der Waals surface area (Å²) in [6.45, 7) is 1.99. The summed E-state index contributed by atoms with van der Waals surface area (Å²) in [6, 6.07) is 1.89. The lowest BCUT2D eigenvalue weighted by Crippen LogP contribution is -1.99. The lowest BCUT2D eigenvalue weighted by molar-refractivity contribution is 0.103. The number of imidazole rings is 1. The number of nitrogens with zero attached hydrogens (tertiary/aromatic N) is 2. The minimum Gasteiger partial charge on any atom is -0.340 e. The van der Waals surface area contributed by atoms with Crippen LogP contribution in [0.4, 0.5) is 0 Å². The van der Waals surface area contributed by atoms with E-state index in [0.717, 1.165) is 10.4 Å². The van der Waals surface area contributed by atoms with Crippen molar-refractivity contribution in [3.63, 3.8) is 0 Å². The van der Waals surface area contributed by atoms with Crippen molar-refractivity contribution in [2.75, 3.05) is 0 Å². The number of ketones is 1. The largest absolute Gasteiger partial charge is 0.340 e. The molecule has 72 valence electrons. The van der Waals surface area contributed by atoms with Gasteiger partial charge < -0.3 is 4.57 Å². The zero-order valence-electron chi connectivity index (χ0n) is 8.02. The minimum atomic E-state index is -0.00468. The second kappa shape index (κ2) is 3.38. The monoisotopic (exact) mass is 206 g/mol. The van der Waals surface area contributed by atoms with Crippen LogP contribution in [0.25, 0.3) is 0 Å². The lowest BCUT2D eigenvalue weighted by Gasteiger charge is -1.90. The highest BCUT2D eigenvalue weighted by Crippen LogP contribution is 2.16. The van der Waals surface area contributed by atoms with Crippen LogP contribution in [0.1, 0.15) is 20.9 Å². The first-order chi connectivity index (χ1) is 6.66. The van der Waals surface area contributed by atoms with Crippen LogP contribution in [-0.2, 0) is 7.05 Å². The third-order valence-electron chi connectivity index (χ3n) is 1.93. The number of carbonyl (C=O) groups excluding carboxylic acids is 1. The van der Waals surface area contributed by atoms with E-state index < -0.39 is 0 Å². The van der Waals surface area contributed by atoms with E-state index in [1.165, 1.54) is 0 Å². The number of aromatic nitrogens is 2. The number of thiophene rings is 1. The van der Waals surface area contributed by atoms with Crippen LogP contribution in [0.15, 0.2) is 24.0 Å². The zero-order chi connectivity index (χ0) is 10.1. The maximum absolute atomic E-state index is 11.8. The number of hydrogen-bond donors (Lipinski definition) is 0. The number of hydrogen-bond acceptors (Lipinski definition) is 3. The predicted octanol–water partition coefficient (Wildman–Crippen LogP) is 2.02. The molecule has 0 atom stereocenters. The van der Waals surface area contributed by atoms with E-state index in [-0.39, 0.29) is 5.78 Å². The molecular formula is C10H10N2OS. The van der Waals surface area contributed by atoms with Gasteiger partial charge in [-0.3, -0.25) is 4.79 Å². The van der Waals surface area contributed by atoms with E-state index in [4.69, 9.17) is 0 Å². The Kier molecular flexibility index (Phi) is 2.21. The maximum atomic E-state index is 11.8. The van der Waals surface area contributed by atoms with Gasteiger partial charge in [0, 0.05) is 29.1 Å². The van der Waals surface area contributed by atoms with Gasteiger partial charge in [0.2, 0.25) is 5.78 Å². The van der Waals surface area contributed by atoms with Crippen LogP contribution in [0.5, 0.6) is 0 Å². The van der Waals surface area contributed by atoms with Crippen molar-refractivity contribution >= 4 is 17.1 Å². The van der Waals surface area contributed by atoms with E-state index in [1.54, 1.807) is 28.4 Å². The SMILES string of the molecule is Cc1cc(C(=O)c2cn(C)cn2)cs1. The van der Waals surface area contributed by atoms with Crippen LogP contribution in [0.2, 0.25) is 0 Å². The Labute approximate surface area is 86.0 Å². The predicted molar refractivity (Wildman–Crippen MR) is 55.7 cm³/mol. The van der Waals surface area contributed by atoms with Crippen molar-refractivity contribution < 1.29 is 4.79 Å². The number of carbonyl (C=O) groups is 1. The molecule has 0 amide bonds. The molecule has 4 heteroatoms. The smallest absolute Gasteiger partial charge is 0.213 e. The van der Waals surface area contributed by atoms with Crippen molar-refractivity contribution in [3.8, 4) is 0 Å². The quantitative estimate of drug-likeness (QED) is 0.705. The molecule has 2 rings (SSSR count). The fraction of sp³-hybridized carbons (Fsp3) is 0.200. The van der Waals surface area contributed by atoms with E-state index in [1.807, 2.05) is 25.4 Å². The van der Waals surface area contributed by atoms with E-state index in [9.17, 15) is 4.79 Å². The van der Waals surface area contributed by atoms with Gasteiger partial charge in [-0.1, -0.05) is 0 Å². The summed E-state index contributed by atoms with van der Waals surface area (Å²) < 4.78 is 1.77. The molecule has 0 saturated heterocycles. The Bertz CT molecular complexity index is 428. The highest BCUT2D eigenvalue weighted by Gasteiger charge is 2.12. The molecular weight excluding hydrogens is 196 g/mol. The average Bonchev–Trinajstić information content (AvgIpc) is 2.73. The van der Waals surface area contributed by atoms with Crippen LogP contribution in [-0.4, -0.2) is 15.3 Å². The first kappa shape index (κ1) is 9.15. The van der Waals surface area contributed by atoms with E-state index in [0.29, 0.717) is 5.69 Å². The molecule has 2 aromatic rings. The Hall–Kier alpha value is -1.42. The van der Waals surface area contributed by atoms with Crippen LogP contribution in [0, 0.1) is 6.92 Å². The minimum absolute atomic E-state index is 0.00468. The third kappa shape index (κ3) is 1.61. The second-order valence-electron chi connectivity index (χ2n) is 3.20. The molecule has 0 radical (unpaired) electrons. The van der Waals surface area contributed by atoms with Gasteiger partial charge in [-0.2, -0.15) is 0 Å². The molecule has 0 saturated carbocycles. The molecule has 0 unspecified atom stereocenters. The highest BCUT2D eigenvalue weighted by atomic mass is 32.1. The summed E-state index contributed by atoms with van der Waals surface area (Å²) in [6.07, 6.45) is 3.36. The maximum Gasteiger partial charge on any atom is 0.213 e. The number of aryl methyl sites for hydroxylation is 2. The molecule has 0 bridgehead atoms. The standard InChI is InChI=1S/C10H10N2OS/c1-7-3-8(5-14-7)10(13)9-4-12(2)6-11-9/h3-6H,1-2H3. The Balaban J connectivity index is 2.33. The van der Waals surface area contributed by atoms with Crippen molar-refractivity contribution in [2.24, 2.45) is 7.05 Å². The third-order valence-corrected chi connectivity index (χ3v) is 2.79. The van der Waals surface area contributed by atoms with Crippen molar-refractivity contribution in [1.82, 2.24) is 9.55 Å². The van der Waals surface area contributed by atoms with Crippen LogP contribution >= 0.6 is 11.3 Å². The summed E-state index contributed by atoms with van der Waals surface area (Å²) in [4.78, 5) is 17.0. The van der Waals surface area contributed by atoms with Crippen LogP contribution < -0.4 is 0 Å². The zero-order valence-corrected chi connectivity index (χ0v) is 8.84. The van der Waals surface area contributed by atoms with Gasteiger partial charge in [-0.05, 0) is 13.0 Å². The lowest BCUT2D eigenvalue weighted by atomic mass is 10.2. The van der Waals surface area contributed by atoms with Gasteiger partial charge >= 0.3 is 0 Å². The Morgan fingerprint density at radius 2 is 2.36 bits per heavy atom. The van der Waals surface area contributed by atoms with Gasteiger partial charge in [-0.25, -0.2) is 4.98 Å². The van der Waals surface area contributed by atoms with E-state index >= 15 is 0 Å². The molecule has 0 N–H and O–H groups in total. The summed E-state index contributed by atoms with van der Waals surface area (Å²) in [5.41, 5.74) is 1.23. The van der Waals surface area contributed by atoms with Crippen molar-refractivity contribution in [3.05, 3.63) is 40.1 Å². The first-order valence-electron chi connectivity index (χ1n) is 4.24. The van der Waals surface area contributed by atoms with Gasteiger partial charge in [0.25, 0.3) is 0 Å². The number of rotatable bonds is 2. The molecule has 0 spiro atoms. The van der Waals surface area contributed by atoms with Gasteiger partial charge in [0.15, 0.2) is 0 Å². The molecule has 0 aliphatic heterocycles. The van der Waals surface area contributed by atoms with Crippen molar-refractivity contribution in [2.45, 2.75) is 6.92 Å². The normalized spacial score (nSPS) is 10.4. The molecule has 3 nitrogen and oxygen atoms in total. The van der Waals surface area contributed by atoms with Crippen molar-refractivity contribution in [1.29, 1.82) is 0 Å². The topological polar surface area (TPSA) is 34.9 Å².